The number of halogens is 2. The van der Waals surface area contributed by atoms with Gasteiger partial charge in [-0.3, -0.25) is 0 Å². The quantitative estimate of drug-likeness (QED) is 0.642. The molecule has 0 bridgehead atoms. The molecular formula is C7HF2NS2. The Labute approximate surface area is 74.5 Å². The van der Waals surface area contributed by atoms with Crippen LogP contribution in [0.5, 0.6) is 0 Å². The molecule has 0 aliphatic carbocycles. The molecule has 60 valence electrons. The average Bonchev–Trinajstić information content (AvgIpc) is 2.55. The van der Waals surface area contributed by atoms with E-state index in [1.165, 1.54) is 5.38 Å². The van der Waals surface area contributed by atoms with Gasteiger partial charge in [0.2, 0.25) is 5.13 Å². The molecule has 2 aromatic rings. The van der Waals surface area contributed by atoms with Crippen LogP contribution in [0.4, 0.5) is 8.78 Å². The van der Waals surface area contributed by atoms with Gasteiger partial charge in [-0.1, -0.05) is 0 Å². The zero-order valence-electron chi connectivity index (χ0n) is 5.60. The Bertz CT molecular complexity index is 477. The summed E-state index contributed by atoms with van der Waals surface area (Å²) in [6, 6.07) is 1.89. The van der Waals surface area contributed by atoms with Crippen LogP contribution in [-0.2, 0) is 0 Å². The molecule has 0 amide bonds. The minimum absolute atomic E-state index is 0.221. The van der Waals surface area contributed by atoms with Crippen LogP contribution in [0.15, 0.2) is 5.38 Å². The maximum absolute atomic E-state index is 12.8. The van der Waals surface area contributed by atoms with E-state index in [4.69, 9.17) is 5.26 Å². The van der Waals surface area contributed by atoms with Crippen molar-refractivity contribution in [3.63, 3.8) is 0 Å². The number of thiophene rings is 2. The highest BCUT2D eigenvalue weighted by Gasteiger charge is 2.15. The Morgan fingerprint density at radius 1 is 1.42 bits per heavy atom. The summed E-state index contributed by atoms with van der Waals surface area (Å²) in [4.78, 5) is 0.373. The van der Waals surface area contributed by atoms with E-state index in [1.54, 1.807) is 0 Å². The molecular weight excluding hydrogens is 200 g/mol. The first-order valence-electron chi connectivity index (χ1n) is 2.99. The molecule has 2 rings (SSSR count). The Kier molecular flexibility index (Phi) is 1.60. The van der Waals surface area contributed by atoms with E-state index >= 15 is 0 Å². The first-order valence-corrected chi connectivity index (χ1v) is 4.68. The lowest BCUT2D eigenvalue weighted by atomic mass is 10.3. The molecule has 2 aromatic heterocycles. The van der Waals surface area contributed by atoms with Gasteiger partial charge in [0.25, 0.3) is 0 Å². The van der Waals surface area contributed by atoms with Crippen LogP contribution in [0.3, 0.4) is 0 Å². The third-order valence-corrected chi connectivity index (χ3v) is 3.45. The van der Waals surface area contributed by atoms with Gasteiger partial charge < -0.3 is 0 Å². The maximum Gasteiger partial charge on any atom is 0.213 e. The van der Waals surface area contributed by atoms with Gasteiger partial charge >= 0.3 is 0 Å². The van der Waals surface area contributed by atoms with E-state index in [0.717, 1.165) is 11.3 Å². The monoisotopic (exact) mass is 201 g/mol. The van der Waals surface area contributed by atoms with Crippen LogP contribution >= 0.6 is 22.7 Å². The van der Waals surface area contributed by atoms with Crippen molar-refractivity contribution >= 4 is 32.8 Å². The highest BCUT2D eigenvalue weighted by Crippen LogP contribution is 2.34. The first kappa shape index (κ1) is 7.65. The lowest BCUT2D eigenvalue weighted by Gasteiger charge is -1.75. The molecule has 0 aliphatic heterocycles. The zero-order valence-corrected chi connectivity index (χ0v) is 7.23. The van der Waals surface area contributed by atoms with E-state index in [2.05, 4.69) is 0 Å². The topological polar surface area (TPSA) is 23.8 Å². The van der Waals surface area contributed by atoms with Crippen LogP contribution < -0.4 is 0 Å². The molecule has 0 atom stereocenters. The van der Waals surface area contributed by atoms with E-state index in [9.17, 15) is 8.78 Å². The van der Waals surface area contributed by atoms with E-state index in [1.807, 2.05) is 6.07 Å². The summed E-state index contributed by atoms with van der Waals surface area (Å²) >= 11 is 1.82. The van der Waals surface area contributed by atoms with Gasteiger partial charge in [-0.05, 0) is 0 Å². The fourth-order valence-electron chi connectivity index (χ4n) is 0.917. The van der Waals surface area contributed by atoms with Gasteiger partial charge in [-0.15, -0.1) is 22.7 Å². The van der Waals surface area contributed by atoms with Crippen molar-refractivity contribution in [2.45, 2.75) is 0 Å². The first-order chi connectivity index (χ1) is 5.74. The summed E-state index contributed by atoms with van der Waals surface area (Å²) in [6.45, 7) is 0. The average molecular weight is 201 g/mol. The van der Waals surface area contributed by atoms with Crippen molar-refractivity contribution in [2.24, 2.45) is 0 Å². The number of nitrogens with zero attached hydrogens (tertiary/aromatic N) is 1. The maximum atomic E-state index is 12.8. The summed E-state index contributed by atoms with van der Waals surface area (Å²) in [6.07, 6.45) is 0. The summed E-state index contributed by atoms with van der Waals surface area (Å²) in [5, 5.41) is 9.39. The standard InChI is InChI=1S/C7HF2NS2/c8-5-3-2-11-4(1-10)6(3)12-7(5)9/h2H. The fraction of sp³-hybridized carbons (Fsp3) is 0. The van der Waals surface area contributed by atoms with Gasteiger partial charge in [0.15, 0.2) is 5.82 Å². The normalized spacial score (nSPS) is 10.4. The number of nitriles is 1. The molecule has 0 aliphatic rings. The fourth-order valence-corrected chi connectivity index (χ4v) is 2.76. The van der Waals surface area contributed by atoms with Crippen molar-refractivity contribution in [1.82, 2.24) is 0 Å². The Morgan fingerprint density at radius 3 is 2.83 bits per heavy atom. The third kappa shape index (κ3) is 0.854. The van der Waals surface area contributed by atoms with Crippen LogP contribution in [0.2, 0.25) is 0 Å². The lowest BCUT2D eigenvalue weighted by Crippen LogP contribution is -1.67. The lowest BCUT2D eigenvalue weighted by molar-refractivity contribution is 0.538. The van der Waals surface area contributed by atoms with Crippen LogP contribution in [0.25, 0.3) is 10.1 Å². The number of rotatable bonds is 0. The van der Waals surface area contributed by atoms with Gasteiger partial charge in [0, 0.05) is 10.8 Å². The molecule has 5 heteroatoms. The van der Waals surface area contributed by atoms with Crippen LogP contribution in [0, 0.1) is 22.3 Å². The van der Waals surface area contributed by atoms with Gasteiger partial charge in [0.05, 0.1) is 4.70 Å². The minimum atomic E-state index is -0.843. The number of hydrogen-bond acceptors (Lipinski definition) is 3. The van der Waals surface area contributed by atoms with Gasteiger partial charge in [0.1, 0.15) is 10.9 Å². The van der Waals surface area contributed by atoms with E-state index in [0.29, 0.717) is 20.9 Å². The Hall–Kier alpha value is -0.990. The molecule has 0 saturated heterocycles. The highest BCUT2D eigenvalue weighted by molar-refractivity contribution is 7.23. The minimum Gasteiger partial charge on any atom is -0.202 e. The Balaban J connectivity index is 2.91. The molecule has 12 heavy (non-hydrogen) atoms. The number of hydrogen-bond donors (Lipinski definition) is 0. The van der Waals surface area contributed by atoms with Crippen molar-refractivity contribution in [3.05, 3.63) is 21.2 Å². The number of fused-ring (bicyclic) bond motifs is 1. The van der Waals surface area contributed by atoms with Crippen LogP contribution in [0.1, 0.15) is 4.88 Å². The van der Waals surface area contributed by atoms with E-state index < -0.39 is 10.9 Å². The molecule has 0 fully saturated rings. The van der Waals surface area contributed by atoms with Crippen molar-refractivity contribution in [1.29, 1.82) is 5.26 Å². The van der Waals surface area contributed by atoms with Crippen molar-refractivity contribution in [2.75, 3.05) is 0 Å². The highest BCUT2D eigenvalue weighted by atomic mass is 32.1. The summed E-state index contributed by atoms with van der Waals surface area (Å²) in [5.74, 6) is -0.840. The van der Waals surface area contributed by atoms with Crippen molar-refractivity contribution < 1.29 is 8.78 Å². The second kappa shape index (κ2) is 2.51. The molecule has 0 radical (unpaired) electrons. The summed E-state index contributed by atoms with van der Waals surface area (Å²) in [5.41, 5.74) is 0. The predicted octanol–water partition coefficient (Wildman–Crippen LogP) is 3.11. The van der Waals surface area contributed by atoms with Crippen LogP contribution in [-0.4, -0.2) is 0 Å². The molecule has 2 heterocycles. The molecule has 0 saturated carbocycles. The summed E-state index contributed by atoms with van der Waals surface area (Å²) in [7, 11) is 0. The Morgan fingerprint density at radius 2 is 2.17 bits per heavy atom. The summed E-state index contributed by atoms with van der Waals surface area (Å²) < 4.78 is 25.9. The second-order valence-electron chi connectivity index (χ2n) is 2.11. The van der Waals surface area contributed by atoms with Gasteiger partial charge in [-0.25, -0.2) is 4.39 Å². The molecule has 0 spiro atoms. The predicted molar refractivity (Wildman–Crippen MR) is 44.3 cm³/mol. The SMILES string of the molecule is N#Cc1scc2c(F)c(F)sc12. The molecule has 0 unspecified atom stereocenters. The molecule has 0 N–H and O–H groups in total. The second-order valence-corrected chi connectivity index (χ2v) is 3.96. The van der Waals surface area contributed by atoms with E-state index in [-0.39, 0.29) is 5.39 Å². The molecule has 0 aromatic carbocycles. The molecule has 1 nitrogen and oxygen atoms in total. The largest absolute Gasteiger partial charge is 0.213 e. The van der Waals surface area contributed by atoms with Gasteiger partial charge in [-0.2, -0.15) is 9.65 Å². The van der Waals surface area contributed by atoms with Crippen molar-refractivity contribution in [3.8, 4) is 6.07 Å². The zero-order chi connectivity index (χ0) is 8.72. The smallest absolute Gasteiger partial charge is 0.202 e. The third-order valence-electron chi connectivity index (χ3n) is 1.45.